The molecule has 32 heavy (non-hydrogen) atoms. The zero-order chi connectivity index (χ0) is 24.1. The summed E-state index contributed by atoms with van der Waals surface area (Å²) in [6, 6.07) is -1.05. The minimum Gasteiger partial charge on any atom is -0.477 e. The van der Waals surface area contributed by atoms with Gasteiger partial charge >= 0.3 is 11.9 Å². The van der Waals surface area contributed by atoms with Crippen molar-refractivity contribution in [3.05, 3.63) is 18.2 Å². The number of amides is 1. The normalized spacial score (nSPS) is 28.4. The third-order valence-electron chi connectivity index (χ3n) is 4.96. The number of aliphatic carboxylic acids is 1. The van der Waals surface area contributed by atoms with Crippen LogP contribution in [-0.4, -0.2) is 96.3 Å². The molecule has 14 nitrogen and oxygen atoms in total. The Bertz CT molecular complexity index is 791. The fourth-order valence-electron chi connectivity index (χ4n) is 3.44. The molecule has 0 saturated carbocycles. The number of nitrogens with two attached hydrogens (primary N) is 1. The molecule has 1 fully saturated rings. The number of ether oxygens (including phenoxy) is 2. The van der Waals surface area contributed by atoms with Gasteiger partial charge in [-0.15, -0.1) is 0 Å². The molecule has 1 saturated heterocycles. The molecule has 2 heterocycles. The SMILES string of the molecule is CC(=O)N[C@@H](O)C1C(O)CC(O)(C(=O)O)OC1C[C@H](O)COC(=O)[C@H](N)Cc1c[nH]cn1. The van der Waals surface area contributed by atoms with Gasteiger partial charge in [0.2, 0.25) is 5.91 Å². The minimum atomic E-state index is -2.78. The lowest BCUT2D eigenvalue weighted by atomic mass is 9.83. The van der Waals surface area contributed by atoms with Crippen LogP contribution in [-0.2, 0) is 30.3 Å². The maximum atomic E-state index is 12.0. The molecule has 1 aliphatic rings. The predicted molar refractivity (Wildman–Crippen MR) is 103 cm³/mol. The van der Waals surface area contributed by atoms with Gasteiger partial charge < -0.3 is 51.0 Å². The van der Waals surface area contributed by atoms with Crippen LogP contribution >= 0.6 is 0 Å². The Morgan fingerprint density at radius 2 is 2.12 bits per heavy atom. The standard InChI is InChI=1S/C18H28N4O10/c1-8(23)22-15(26)14-12(25)4-18(30,17(28)29)32-13(14)3-10(24)6-31-16(27)11(19)2-9-5-20-7-21-9/h5,7,10-15,24-26,30H,2-4,6,19H2,1H3,(H,20,21)(H,22,23)(H,28,29)/t10-,11+,12?,13?,14?,15-,18?/m0/s1. The number of nitrogens with zero attached hydrogens (tertiary/aromatic N) is 1. The van der Waals surface area contributed by atoms with Crippen molar-refractivity contribution in [3.8, 4) is 0 Å². The number of nitrogens with one attached hydrogen (secondary N) is 2. The highest BCUT2D eigenvalue weighted by Gasteiger charge is 2.53. The fraction of sp³-hybridized carbons (Fsp3) is 0.667. The van der Waals surface area contributed by atoms with E-state index in [0.717, 1.165) is 6.92 Å². The number of aromatic amines is 1. The molecule has 0 bridgehead atoms. The molecule has 0 radical (unpaired) electrons. The fourth-order valence-corrected chi connectivity index (χ4v) is 3.44. The molecule has 4 unspecified atom stereocenters. The monoisotopic (exact) mass is 460 g/mol. The first-order valence-corrected chi connectivity index (χ1v) is 9.77. The number of esters is 1. The summed E-state index contributed by atoms with van der Waals surface area (Å²) in [6.07, 6.45) is -4.30. The maximum Gasteiger partial charge on any atom is 0.364 e. The number of aliphatic hydroxyl groups is 4. The van der Waals surface area contributed by atoms with Crippen LogP contribution in [0.15, 0.2) is 12.5 Å². The van der Waals surface area contributed by atoms with Crippen LogP contribution in [0.5, 0.6) is 0 Å². The van der Waals surface area contributed by atoms with E-state index in [0.29, 0.717) is 5.69 Å². The van der Waals surface area contributed by atoms with Crippen LogP contribution < -0.4 is 11.1 Å². The number of hydrogen-bond donors (Lipinski definition) is 8. The lowest BCUT2D eigenvalue weighted by molar-refractivity contribution is -0.297. The van der Waals surface area contributed by atoms with E-state index in [-0.39, 0.29) is 6.42 Å². The quantitative estimate of drug-likeness (QED) is 0.126. The van der Waals surface area contributed by atoms with Crippen LogP contribution in [0.4, 0.5) is 0 Å². The van der Waals surface area contributed by atoms with Gasteiger partial charge in [0.15, 0.2) is 0 Å². The van der Waals surface area contributed by atoms with Gasteiger partial charge in [-0.05, 0) is 0 Å². The van der Waals surface area contributed by atoms with Gasteiger partial charge in [0.05, 0.1) is 36.3 Å². The van der Waals surface area contributed by atoms with Crippen molar-refractivity contribution < 1.29 is 49.4 Å². The van der Waals surface area contributed by atoms with E-state index in [4.69, 9.17) is 15.2 Å². The molecule has 1 amide bonds. The Kier molecular flexibility index (Phi) is 8.65. The molecule has 14 heteroatoms. The Balaban J connectivity index is 2.01. The van der Waals surface area contributed by atoms with E-state index < -0.39 is 79.6 Å². The number of imidazole rings is 1. The minimum absolute atomic E-state index is 0.0903. The van der Waals surface area contributed by atoms with Gasteiger partial charge in [-0.1, -0.05) is 0 Å². The molecule has 7 atom stereocenters. The molecule has 9 N–H and O–H groups in total. The smallest absolute Gasteiger partial charge is 0.364 e. The molecule has 0 spiro atoms. The first-order valence-electron chi connectivity index (χ1n) is 9.77. The molecule has 0 aliphatic carbocycles. The average Bonchev–Trinajstić information content (AvgIpc) is 3.17. The van der Waals surface area contributed by atoms with E-state index >= 15 is 0 Å². The third-order valence-corrected chi connectivity index (χ3v) is 4.96. The number of carboxylic acids is 1. The number of aromatic nitrogens is 2. The average molecular weight is 460 g/mol. The van der Waals surface area contributed by atoms with Crippen LogP contribution in [0.2, 0.25) is 0 Å². The summed E-state index contributed by atoms with van der Waals surface area (Å²) in [5.74, 6) is -7.31. The summed E-state index contributed by atoms with van der Waals surface area (Å²) >= 11 is 0. The third kappa shape index (κ3) is 6.69. The van der Waals surface area contributed by atoms with Crippen molar-refractivity contribution >= 4 is 17.8 Å². The predicted octanol–water partition coefficient (Wildman–Crippen LogP) is -3.43. The molecule has 1 aromatic rings. The second kappa shape index (κ2) is 10.8. The van der Waals surface area contributed by atoms with Gasteiger partial charge in [0, 0.05) is 32.4 Å². The molecule has 2 rings (SSSR count). The van der Waals surface area contributed by atoms with Crippen molar-refractivity contribution in [2.75, 3.05) is 6.61 Å². The Labute approximate surface area is 182 Å². The first kappa shape index (κ1) is 25.6. The van der Waals surface area contributed by atoms with Crippen LogP contribution in [0.3, 0.4) is 0 Å². The highest BCUT2D eigenvalue weighted by Crippen LogP contribution is 2.35. The first-order chi connectivity index (χ1) is 14.9. The highest BCUT2D eigenvalue weighted by molar-refractivity contribution is 5.76. The zero-order valence-electron chi connectivity index (χ0n) is 17.2. The summed E-state index contributed by atoms with van der Waals surface area (Å²) in [7, 11) is 0. The number of rotatable bonds is 10. The summed E-state index contributed by atoms with van der Waals surface area (Å²) in [6.45, 7) is 0.555. The van der Waals surface area contributed by atoms with Crippen LogP contribution in [0, 0.1) is 5.92 Å². The van der Waals surface area contributed by atoms with E-state index in [1.807, 2.05) is 0 Å². The largest absolute Gasteiger partial charge is 0.477 e. The summed E-state index contributed by atoms with van der Waals surface area (Å²) in [5, 5.41) is 52.3. The molecule has 1 aliphatic heterocycles. The topological polar surface area (TPSA) is 238 Å². The van der Waals surface area contributed by atoms with Crippen molar-refractivity contribution in [1.82, 2.24) is 15.3 Å². The molecule has 1 aromatic heterocycles. The van der Waals surface area contributed by atoms with Crippen molar-refractivity contribution in [3.63, 3.8) is 0 Å². The van der Waals surface area contributed by atoms with E-state index in [9.17, 15) is 39.9 Å². The number of carboxylic acid groups (broad SMARTS) is 1. The van der Waals surface area contributed by atoms with E-state index in [2.05, 4.69) is 15.3 Å². The number of hydrogen-bond acceptors (Lipinski definition) is 11. The number of aliphatic hydroxyl groups excluding tert-OH is 3. The van der Waals surface area contributed by atoms with Gasteiger partial charge in [0.25, 0.3) is 5.79 Å². The van der Waals surface area contributed by atoms with E-state index in [1.54, 1.807) is 6.20 Å². The van der Waals surface area contributed by atoms with Crippen molar-refractivity contribution in [2.45, 2.75) is 62.6 Å². The number of carbonyl (C=O) groups excluding carboxylic acids is 2. The Morgan fingerprint density at radius 1 is 1.44 bits per heavy atom. The molecule has 0 aromatic carbocycles. The molecule has 180 valence electrons. The zero-order valence-corrected chi connectivity index (χ0v) is 17.2. The lowest BCUT2D eigenvalue weighted by Crippen LogP contribution is -2.61. The van der Waals surface area contributed by atoms with Crippen molar-refractivity contribution in [1.29, 1.82) is 0 Å². The van der Waals surface area contributed by atoms with Gasteiger partial charge in [0.1, 0.15) is 18.9 Å². The Morgan fingerprint density at radius 3 is 2.69 bits per heavy atom. The highest BCUT2D eigenvalue weighted by atomic mass is 16.7. The Hall–Kier alpha value is -2.62. The summed E-state index contributed by atoms with van der Waals surface area (Å²) < 4.78 is 10.1. The second-order valence-corrected chi connectivity index (χ2v) is 7.63. The van der Waals surface area contributed by atoms with E-state index in [1.165, 1.54) is 6.33 Å². The number of carbonyl (C=O) groups is 3. The van der Waals surface area contributed by atoms with Gasteiger partial charge in [-0.3, -0.25) is 9.59 Å². The summed E-state index contributed by atoms with van der Waals surface area (Å²) in [4.78, 5) is 41.3. The van der Waals surface area contributed by atoms with Crippen LogP contribution in [0.25, 0.3) is 0 Å². The van der Waals surface area contributed by atoms with Gasteiger partial charge in [-0.2, -0.15) is 0 Å². The maximum absolute atomic E-state index is 12.0. The molecular weight excluding hydrogens is 432 g/mol. The second-order valence-electron chi connectivity index (χ2n) is 7.63. The number of H-pyrrole nitrogens is 1. The molecular formula is C18H28N4O10. The lowest BCUT2D eigenvalue weighted by Gasteiger charge is -2.44. The van der Waals surface area contributed by atoms with Crippen molar-refractivity contribution in [2.24, 2.45) is 11.7 Å². The summed E-state index contributed by atoms with van der Waals surface area (Å²) in [5.41, 5.74) is 6.26. The van der Waals surface area contributed by atoms with Crippen LogP contribution in [0.1, 0.15) is 25.5 Å². The van der Waals surface area contributed by atoms with Gasteiger partial charge in [-0.25, -0.2) is 9.78 Å².